The minimum atomic E-state index is -3.23. The highest BCUT2D eigenvalue weighted by atomic mass is 32.3. The summed E-state index contributed by atoms with van der Waals surface area (Å²) in [5, 5.41) is 2.16. The third kappa shape index (κ3) is 3.62. The summed E-state index contributed by atoms with van der Waals surface area (Å²) in [6, 6.07) is 22.6. The topological polar surface area (TPSA) is 84.5 Å². The molecule has 0 radical (unpaired) electrons. The summed E-state index contributed by atoms with van der Waals surface area (Å²) in [5.41, 5.74) is 3.48. The van der Waals surface area contributed by atoms with E-state index in [-0.39, 0.29) is 5.56 Å². The Bertz CT molecular complexity index is 1580. The molecule has 5 rings (SSSR count). The van der Waals surface area contributed by atoms with Crippen LogP contribution in [0.4, 0.5) is 5.69 Å². The first kappa shape index (κ1) is 20.2. The number of benzene rings is 3. The zero-order valence-electron chi connectivity index (χ0n) is 17.5. The van der Waals surface area contributed by atoms with Crippen molar-refractivity contribution in [3.05, 3.63) is 89.3 Å². The molecule has 7 heteroatoms. The standard InChI is InChI=1S/C25H20N2O4S/c1-27-15-22(19-10-6-7-11-20(19)25(27)28)21-14-18(26-32(2,29)30)12-17-13-23(31-24(17)21)16-8-4-3-5-9-16/h3-15H,1-2H3,(H-,26,29,30)/p+1. The summed E-state index contributed by atoms with van der Waals surface area (Å²) in [5.74, 6) is 0.689. The van der Waals surface area contributed by atoms with Gasteiger partial charge >= 0.3 is 10.4 Å². The third-order valence-electron chi connectivity index (χ3n) is 5.36. The zero-order chi connectivity index (χ0) is 22.5. The van der Waals surface area contributed by atoms with Crippen molar-refractivity contribution in [1.82, 2.24) is 4.57 Å². The molecule has 0 aliphatic rings. The molecule has 2 N–H and O–H groups in total. The van der Waals surface area contributed by atoms with Gasteiger partial charge in [-0.1, -0.05) is 48.5 Å². The van der Waals surface area contributed by atoms with Gasteiger partial charge in [0.15, 0.2) is 6.26 Å². The first-order valence-corrected chi connectivity index (χ1v) is 11.9. The molecule has 0 bridgehead atoms. The van der Waals surface area contributed by atoms with Gasteiger partial charge in [0, 0.05) is 40.7 Å². The Morgan fingerprint density at radius 1 is 0.938 bits per heavy atom. The number of nitrogens with one attached hydrogen (secondary N) is 1. The molecule has 160 valence electrons. The average molecular weight is 446 g/mol. The van der Waals surface area contributed by atoms with E-state index in [0.29, 0.717) is 22.4 Å². The van der Waals surface area contributed by atoms with Crippen molar-refractivity contribution in [3.8, 4) is 22.5 Å². The van der Waals surface area contributed by atoms with Crippen molar-refractivity contribution < 1.29 is 13.2 Å². The van der Waals surface area contributed by atoms with Crippen molar-refractivity contribution in [2.45, 2.75) is 0 Å². The number of hydrogen-bond donors (Lipinski definition) is 2. The van der Waals surface area contributed by atoms with Crippen molar-refractivity contribution in [3.63, 3.8) is 0 Å². The summed E-state index contributed by atoms with van der Waals surface area (Å²) in [4.78, 5) is 12.7. The van der Waals surface area contributed by atoms with Gasteiger partial charge in [0.1, 0.15) is 11.3 Å². The highest BCUT2D eigenvalue weighted by Crippen LogP contribution is 2.39. The molecule has 5 aromatic rings. The lowest BCUT2D eigenvalue weighted by atomic mass is 9.98. The van der Waals surface area contributed by atoms with E-state index in [0.717, 1.165) is 27.5 Å². The maximum absolute atomic E-state index is 12.7. The zero-order valence-corrected chi connectivity index (χ0v) is 18.3. The minimum absolute atomic E-state index is 0.0915. The molecule has 0 saturated carbocycles. The fourth-order valence-electron chi connectivity index (χ4n) is 4.01. The molecule has 0 amide bonds. The summed E-state index contributed by atoms with van der Waals surface area (Å²) < 4.78 is 32.5. The molecule has 3 aromatic carbocycles. The molecule has 2 heterocycles. The fraction of sp³-hybridized carbons (Fsp3) is 0.0800. The smallest absolute Gasteiger partial charge is 0.307 e. The van der Waals surface area contributed by atoms with E-state index in [1.165, 1.54) is 6.26 Å². The van der Waals surface area contributed by atoms with Crippen LogP contribution in [-0.2, 0) is 21.7 Å². The molecule has 1 unspecified atom stereocenters. The Kier molecular flexibility index (Phi) is 4.73. The van der Waals surface area contributed by atoms with Crippen molar-refractivity contribution in [1.29, 1.82) is 0 Å². The molecule has 0 saturated heterocycles. The van der Waals surface area contributed by atoms with Gasteiger partial charge in [-0.25, -0.2) is 0 Å². The quantitative estimate of drug-likeness (QED) is 0.355. The third-order valence-corrected chi connectivity index (χ3v) is 5.98. The Morgan fingerprint density at radius 2 is 1.62 bits per heavy atom. The lowest BCUT2D eigenvalue weighted by Gasteiger charge is -2.12. The number of nitrogens with zero attached hydrogens (tertiary/aromatic N) is 1. The molecular weight excluding hydrogens is 424 g/mol. The normalized spacial score (nSPS) is 13.3. The predicted molar refractivity (Wildman–Crippen MR) is 130 cm³/mol. The summed E-state index contributed by atoms with van der Waals surface area (Å²) in [7, 11) is -1.52. The van der Waals surface area contributed by atoms with Crippen molar-refractivity contribution in [2.24, 2.45) is 7.05 Å². The molecule has 32 heavy (non-hydrogen) atoms. The molecular formula is C25H21N2O4S+. The van der Waals surface area contributed by atoms with Gasteiger partial charge in [-0.15, -0.1) is 0 Å². The van der Waals surface area contributed by atoms with Gasteiger partial charge in [-0.05, 0) is 33.9 Å². The Balaban J connectivity index is 1.85. The lowest BCUT2D eigenvalue weighted by molar-refractivity contribution is 0.509. The van der Waals surface area contributed by atoms with Gasteiger partial charge in [-0.2, -0.15) is 9.27 Å². The highest BCUT2D eigenvalue weighted by Gasteiger charge is 2.21. The van der Waals surface area contributed by atoms with E-state index < -0.39 is 10.4 Å². The number of anilines is 1. The predicted octanol–water partition coefficient (Wildman–Crippen LogP) is 5.55. The van der Waals surface area contributed by atoms with Gasteiger partial charge in [0.25, 0.3) is 5.56 Å². The van der Waals surface area contributed by atoms with Crippen molar-refractivity contribution >= 4 is 37.8 Å². The molecule has 0 fully saturated rings. The van der Waals surface area contributed by atoms with Crippen LogP contribution < -0.4 is 10.3 Å². The van der Waals surface area contributed by atoms with E-state index >= 15 is 0 Å². The maximum atomic E-state index is 12.7. The summed E-state index contributed by atoms with van der Waals surface area (Å²) in [6.45, 7) is 0. The maximum Gasteiger partial charge on any atom is 0.307 e. The van der Waals surface area contributed by atoms with E-state index in [2.05, 4.69) is 4.72 Å². The Morgan fingerprint density at radius 3 is 2.34 bits per heavy atom. The number of fused-ring (bicyclic) bond motifs is 2. The van der Waals surface area contributed by atoms with E-state index in [9.17, 15) is 13.6 Å². The molecule has 1 atom stereocenters. The lowest BCUT2D eigenvalue weighted by Crippen LogP contribution is -2.18. The molecule has 0 spiro atoms. The molecule has 2 aromatic heterocycles. The SMILES string of the molecule is Cn1cc(-c2cc(N[S+](C)(=O)O)cc3cc(-c4ccccc4)oc23)c2ccccc2c1=O. The van der Waals surface area contributed by atoms with E-state index in [4.69, 9.17) is 4.42 Å². The summed E-state index contributed by atoms with van der Waals surface area (Å²) >= 11 is 0. The highest BCUT2D eigenvalue weighted by molar-refractivity contribution is 7.98. The van der Waals surface area contributed by atoms with Crippen LogP contribution in [0.2, 0.25) is 0 Å². The van der Waals surface area contributed by atoms with Crippen LogP contribution in [0.3, 0.4) is 0 Å². The molecule has 6 nitrogen and oxygen atoms in total. The second-order valence-corrected chi connectivity index (χ2v) is 9.64. The van der Waals surface area contributed by atoms with E-state index in [1.807, 2.05) is 54.6 Å². The van der Waals surface area contributed by atoms with Crippen LogP contribution in [-0.4, -0.2) is 15.4 Å². The monoisotopic (exact) mass is 445 g/mol. The largest absolute Gasteiger partial charge is 0.455 e. The number of furan rings is 1. The van der Waals surface area contributed by atoms with Crippen LogP contribution in [0.15, 0.2) is 88.2 Å². The second-order valence-electron chi connectivity index (χ2n) is 7.83. The van der Waals surface area contributed by atoms with Gasteiger partial charge in [0.2, 0.25) is 0 Å². The number of rotatable bonds is 4. The Hall–Kier alpha value is -3.68. The van der Waals surface area contributed by atoms with Crippen LogP contribution in [0, 0.1) is 0 Å². The number of pyridine rings is 1. The van der Waals surface area contributed by atoms with Gasteiger partial charge < -0.3 is 8.98 Å². The van der Waals surface area contributed by atoms with Crippen LogP contribution >= 0.6 is 0 Å². The first-order chi connectivity index (χ1) is 15.3. The van der Waals surface area contributed by atoms with Crippen molar-refractivity contribution in [2.75, 3.05) is 11.0 Å². The molecule has 0 aliphatic carbocycles. The fourth-order valence-corrected chi connectivity index (χ4v) is 4.56. The van der Waals surface area contributed by atoms with Crippen LogP contribution in [0.25, 0.3) is 44.2 Å². The van der Waals surface area contributed by atoms with E-state index in [1.54, 1.807) is 36.0 Å². The second kappa shape index (κ2) is 7.47. The van der Waals surface area contributed by atoms with Gasteiger partial charge in [0.05, 0.1) is 5.69 Å². The molecule has 0 aliphatic heterocycles. The van der Waals surface area contributed by atoms with Crippen LogP contribution in [0.1, 0.15) is 0 Å². The number of hydrogen-bond acceptors (Lipinski definition) is 3. The van der Waals surface area contributed by atoms with Crippen LogP contribution in [0.5, 0.6) is 0 Å². The first-order valence-electron chi connectivity index (χ1n) is 10.0. The number of aryl methyl sites for hydroxylation is 1. The van der Waals surface area contributed by atoms with Gasteiger partial charge in [-0.3, -0.25) is 4.79 Å². The average Bonchev–Trinajstić information content (AvgIpc) is 3.19. The summed E-state index contributed by atoms with van der Waals surface area (Å²) in [6.07, 6.45) is 3.00. The minimum Gasteiger partial charge on any atom is -0.455 e. The number of aromatic nitrogens is 1. The Labute approximate surface area is 185 Å².